The molecule has 0 radical (unpaired) electrons. The third-order valence-electron chi connectivity index (χ3n) is 5.00. The summed E-state index contributed by atoms with van der Waals surface area (Å²) in [5, 5.41) is 5.49. The number of carbonyl (C=O) groups excluding carboxylic acids is 2. The van der Waals surface area contributed by atoms with Crippen LogP contribution in [0.25, 0.3) is 0 Å². The molecule has 0 aliphatic rings. The summed E-state index contributed by atoms with van der Waals surface area (Å²) in [4.78, 5) is 26.7. The van der Waals surface area contributed by atoms with E-state index in [0.29, 0.717) is 24.4 Å². The molecule has 0 fully saturated rings. The Hall–Kier alpha value is -3.77. The largest absolute Gasteiger partial charge is 0.467 e. The zero-order valence-corrected chi connectivity index (χ0v) is 18.8. The SMILES string of the molecule is O=C(NCc1ccco1)c1cccc(CNC(=O)C(Sc2ccccc2)c2ccccc2)c1. The summed E-state index contributed by atoms with van der Waals surface area (Å²) in [6, 6.07) is 30.5. The maximum Gasteiger partial charge on any atom is 0.251 e. The van der Waals surface area contributed by atoms with Gasteiger partial charge in [0, 0.05) is 17.0 Å². The van der Waals surface area contributed by atoms with E-state index in [1.165, 1.54) is 11.8 Å². The van der Waals surface area contributed by atoms with Crippen molar-refractivity contribution in [3.63, 3.8) is 0 Å². The molecule has 1 atom stereocenters. The quantitative estimate of drug-likeness (QED) is 0.333. The third kappa shape index (κ3) is 6.37. The molecule has 0 bridgehead atoms. The van der Waals surface area contributed by atoms with E-state index in [0.717, 1.165) is 16.0 Å². The van der Waals surface area contributed by atoms with Crippen molar-refractivity contribution >= 4 is 23.6 Å². The second-order valence-electron chi connectivity index (χ2n) is 7.40. The molecule has 33 heavy (non-hydrogen) atoms. The molecule has 1 aromatic heterocycles. The first-order valence-corrected chi connectivity index (χ1v) is 11.5. The lowest BCUT2D eigenvalue weighted by molar-refractivity contribution is -0.120. The van der Waals surface area contributed by atoms with Gasteiger partial charge in [-0.3, -0.25) is 9.59 Å². The highest BCUT2D eigenvalue weighted by molar-refractivity contribution is 8.00. The molecule has 4 rings (SSSR count). The number of furan rings is 1. The molecule has 2 N–H and O–H groups in total. The van der Waals surface area contributed by atoms with Crippen LogP contribution in [0.2, 0.25) is 0 Å². The standard InChI is InChI=1S/C27H24N2O3S/c30-26(29-19-23-13-8-16-32-23)22-12-7-9-20(17-22)18-28-27(31)25(21-10-3-1-4-11-21)33-24-14-5-2-6-15-24/h1-17,25H,18-19H2,(H,28,31)(H,29,30). The minimum absolute atomic E-state index is 0.0808. The number of thioether (sulfide) groups is 1. The van der Waals surface area contributed by atoms with Gasteiger partial charge in [-0.2, -0.15) is 0 Å². The summed E-state index contributed by atoms with van der Waals surface area (Å²) in [6.07, 6.45) is 1.57. The first kappa shape index (κ1) is 22.4. The van der Waals surface area contributed by atoms with E-state index in [-0.39, 0.29) is 17.1 Å². The van der Waals surface area contributed by atoms with Crippen molar-refractivity contribution < 1.29 is 14.0 Å². The fraction of sp³-hybridized carbons (Fsp3) is 0.111. The molecule has 166 valence electrons. The predicted octanol–water partition coefficient (Wildman–Crippen LogP) is 5.36. The zero-order valence-electron chi connectivity index (χ0n) is 17.9. The van der Waals surface area contributed by atoms with Gasteiger partial charge in [0.05, 0.1) is 12.8 Å². The Bertz CT molecular complexity index is 1180. The molecule has 4 aromatic rings. The van der Waals surface area contributed by atoms with Crippen molar-refractivity contribution in [1.29, 1.82) is 0 Å². The Morgan fingerprint density at radius 3 is 2.27 bits per heavy atom. The van der Waals surface area contributed by atoms with Crippen LogP contribution in [0, 0.1) is 0 Å². The van der Waals surface area contributed by atoms with Crippen LogP contribution in [-0.4, -0.2) is 11.8 Å². The van der Waals surface area contributed by atoms with Gasteiger partial charge in [0.25, 0.3) is 5.91 Å². The molecule has 1 heterocycles. The van der Waals surface area contributed by atoms with Gasteiger partial charge in [0.2, 0.25) is 5.91 Å². The van der Waals surface area contributed by atoms with E-state index in [4.69, 9.17) is 4.42 Å². The molecule has 0 saturated heterocycles. The van der Waals surface area contributed by atoms with Crippen LogP contribution in [0.5, 0.6) is 0 Å². The summed E-state index contributed by atoms with van der Waals surface area (Å²) >= 11 is 1.51. The number of nitrogens with one attached hydrogen (secondary N) is 2. The molecule has 0 spiro atoms. The first-order chi connectivity index (χ1) is 16.2. The highest BCUT2D eigenvalue weighted by atomic mass is 32.2. The first-order valence-electron chi connectivity index (χ1n) is 10.6. The molecular weight excluding hydrogens is 432 g/mol. The van der Waals surface area contributed by atoms with Gasteiger partial charge >= 0.3 is 0 Å². The summed E-state index contributed by atoms with van der Waals surface area (Å²) in [5.74, 6) is 0.415. The molecule has 0 aliphatic carbocycles. The maximum absolute atomic E-state index is 13.2. The fourth-order valence-corrected chi connectivity index (χ4v) is 4.39. The number of carbonyl (C=O) groups is 2. The smallest absolute Gasteiger partial charge is 0.251 e. The molecule has 6 heteroatoms. The molecule has 0 saturated carbocycles. The number of benzene rings is 3. The number of amides is 2. The minimum Gasteiger partial charge on any atom is -0.467 e. The predicted molar refractivity (Wildman–Crippen MR) is 130 cm³/mol. The van der Waals surface area contributed by atoms with Gasteiger partial charge in [0.15, 0.2) is 0 Å². The van der Waals surface area contributed by atoms with Gasteiger partial charge in [0.1, 0.15) is 11.0 Å². The van der Waals surface area contributed by atoms with E-state index >= 15 is 0 Å². The Labute approximate surface area is 197 Å². The van der Waals surface area contributed by atoms with Crippen LogP contribution < -0.4 is 10.6 Å². The molecule has 1 unspecified atom stereocenters. The summed E-state index contributed by atoms with van der Waals surface area (Å²) in [6.45, 7) is 0.652. The molecule has 5 nitrogen and oxygen atoms in total. The number of hydrogen-bond donors (Lipinski definition) is 2. The summed E-state index contributed by atoms with van der Waals surface area (Å²) < 4.78 is 5.25. The van der Waals surface area contributed by atoms with E-state index in [1.54, 1.807) is 24.5 Å². The average molecular weight is 457 g/mol. The van der Waals surface area contributed by atoms with Gasteiger partial charge < -0.3 is 15.1 Å². The van der Waals surface area contributed by atoms with Crippen LogP contribution in [0.15, 0.2) is 113 Å². The lowest BCUT2D eigenvalue weighted by Crippen LogP contribution is -2.28. The van der Waals surface area contributed by atoms with Crippen LogP contribution in [-0.2, 0) is 17.9 Å². The van der Waals surface area contributed by atoms with Crippen molar-refractivity contribution in [3.8, 4) is 0 Å². The molecule has 0 aliphatic heterocycles. The van der Waals surface area contributed by atoms with Crippen molar-refractivity contribution in [3.05, 3.63) is 126 Å². The second-order valence-corrected chi connectivity index (χ2v) is 8.58. The second kappa shape index (κ2) is 11.2. The highest BCUT2D eigenvalue weighted by Gasteiger charge is 2.21. The Balaban J connectivity index is 1.40. The Morgan fingerprint density at radius 2 is 1.55 bits per heavy atom. The highest BCUT2D eigenvalue weighted by Crippen LogP contribution is 2.35. The van der Waals surface area contributed by atoms with Crippen molar-refractivity contribution in [2.24, 2.45) is 0 Å². The van der Waals surface area contributed by atoms with Crippen molar-refractivity contribution in [2.45, 2.75) is 23.2 Å². The van der Waals surface area contributed by atoms with Gasteiger partial charge in [-0.1, -0.05) is 60.7 Å². The van der Waals surface area contributed by atoms with Crippen LogP contribution in [0.3, 0.4) is 0 Å². The van der Waals surface area contributed by atoms with Crippen LogP contribution >= 0.6 is 11.8 Å². The van der Waals surface area contributed by atoms with E-state index in [1.807, 2.05) is 78.9 Å². The zero-order chi connectivity index (χ0) is 22.9. The van der Waals surface area contributed by atoms with Gasteiger partial charge in [-0.05, 0) is 47.5 Å². The molecule has 3 aromatic carbocycles. The third-order valence-corrected chi connectivity index (χ3v) is 6.26. The van der Waals surface area contributed by atoms with E-state index in [2.05, 4.69) is 10.6 Å². The van der Waals surface area contributed by atoms with Gasteiger partial charge in [-0.25, -0.2) is 0 Å². The molecular formula is C27H24N2O3S. The normalized spacial score (nSPS) is 11.5. The average Bonchev–Trinajstić information content (AvgIpc) is 3.39. The fourth-order valence-electron chi connectivity index (χ4n) is 3.32. The maximum atomic E-state index is 13.2. The van der Waals surface area contributed by atoms with Crippen LogP contribution in [0.4, 0.5) is 0 Å². The summed E-state index contributed by atoms with van der Waals surface area (Å²) in [5.41, 5.74) is 2.33. The minimum atomic E-state index is -0.381. The van der Waals surface area contributed by atoms with Gasteiger partial charge in [-0.15, -0.1) is 11.8 Å². The Kier molecular flexibility index (Phi) is 7.61. The lowest BCUT2D eigenvalue weighted by atomic mass is 10.1. The molecule has 2 amide bonds. The number of rotatable bonds is 9. The van der Waals surface area contributed by atoms with Crippen molar-refractivity contribution in [1.82, 2.24) is 10.6 Å². The van der Waals surface area contributed by atoms with Crippen LogP contribution in [0.1, 0.15) is 32.5 Å². The lowest BCUT2D eigenvalue weighted by Gasteiger charge is -2.17. The summed E-state index contributed by atoms with van der Waals surface area (Å²) in [7, 11) is 0. The Morgan fingerprint density at radius 1 is 0.788 bits per heavy atom. The number of hydrogen-bond acceptors (Lipinski definition) is 4. The van der Waals surface area contributed by atoms with E-state index < -0.39 is 0 Å². The van der Waals surface area contributed by atoms with Crippen molar-refractivity contribution in [2.75, 3.05) is 0 Å². The van der Waals surface area contributed by atoms with E-state index in [9.17, 15) is 9.59 Å². The monoisotopic (exact) mass is 456 g/mol. The topological polar surface area (TPSA) is 71.3 Å².